The standard InChI is InChI=1S/C20H14F3N5/c21-20(22,23)16-10-8-14(9-11-16)13-15-5-1-2-6-17(15)19-25-27-28(26-19)18-7-3-4-12-24-18/h1-12H,13H2. The average molecular weight is 381 g/mol. The van der Waals surface area contributed by atoms with Gasteiger partial charge in [-0.1, -0.05) is 42.5 Å². The van der Waals surface area contributed by atoms with Crippen molar-refractivity contribution in [3.8, 4) is 17.2 Å². The van der Waals surface area contributed by atoms with Crippen LogP contribution in [0.2, 0.25) is 0 Å². The molecule has 4 rings (SSSR count). The van der Waals surface area contributed by atoms with Gasteiger partial charge in [0.1, 0.15) is 0 Å². The van der Waals surface area contributed by atoms with E-state index in [-0.39, 0.29) is 0 Å². The maximum absolute atomic E-state index is 12.7. The van der Waals surface area contributed by atoms with Crippen LogP contribution in [0.5, 0.6) is 0 Å². The minimum atomic E-state index is -4.34. The van der Waals surface area contributed by atoms with Gasteiger partial charge >= 0.3 is 6.18 Å². The van der Waals surface area contributed by atoms with Gasteiger partial charge in [-0.3, -0.25) is 0 Å². The molecule has 4 aromatic rings. The van der Waals surface area contributed by atoms with Crippen molar-refractivity contribution in [2.45, 2.75) is 12.6 Å². The Kier molecular flexibility index (Phi) is 4.60. The molecule has 0 spiro atoms. The van der Waals surface area contributed by atoms with Gasteiger partial charge in [-0.05, 0) is 47.0 Å². The molecule has 0 aliphatic heterocycles. The first-order valence-corrected chi connectivity index (χ1v) is 8.46. The first-order chi connectivity index (χ1) is 13.5. The highest BCUT2D eigenvalue weighted by Gasteiger charge is 2.29. The minimum absolute atomic E-state index is 0.424. The van der Waals surface area contributed by atoms with Gasteiger partial charge in [-0.15, -0.1) is 15.0 Å². The summed E-state index contributed by atoms with van der Waals surface area (Å²) in [6, 6.07) is 18.0. The van der Waals surface area contributed by atoms with E-state index in [0.717, 1.165) is 28.8 Å². The monoisotopic (exact) mass is 381 g/mol. The van der Waals surface area contributed by atoms with Crippen LogP contribution in [0.4, 0.5) is 13.2 Å². The first kappa shape index (κ1) is 17.8. The SMILES string of the molecule is FC(F)(F)c1ccc(Cc2ccccc2-c2nnn(-c3ccccn3)n2)cc1. The molecule has 0 atom stereocenters. The molecule has 0 saturated heterocycles. The van der Waals surface area contributed by atoms with Crippen LogP contribution in [0.3, 0.4) is 0 Å². The number of benzene rings is 2. The lowest BCUT2D eigenvalue weighted by molar-refractivity contribution is -0.137. The fourth-order valence-electron chi connectivity index (χ4n) is 2.82. The molecule has 0 saturated carbocycles. The van der Waals surface area contributed by atoms with E-state index >= 15 is 0 Å². The zero-order chi connectivity index (χ0) is 19.6. The average Bonchev–Trinajstić information content (AvgIpc) is 3.19. The van der Waals surface area contributed by atoms with E-state index in [1.807, 2.05) is 30.3 Å². The van der Waals surface area contributed by atoms with Crippen LogP contribution in [0.1, 0.15) is 16.7 Å². The van der Waals surface area contributed by atoms with Crippen molar-refractivity contribution in [1.29, 1.82) is 0 Å². The Bertz CT molecular complexity index is 1070. The summed E-state index contributed by atoms with van der Waals surface area (Å²) in [7, 11) is 0. The molecule has 0 amide bonds. The molecule has 2 aromatic heterocycles. The lowest BCUT2D eigenvalue weighted by Crippen LogP contribution is -2.04. The molecule has 0 fully saturated rings. The Balaban J connectivity index is 1.62. The van der Waals surface area contributed by atoms with Crippen LogP contribution < -0.4 is 0 Å². The van der Waals surface area contributed by atoms with Crippen molar-refractivity contribution < 1.29 is 13.2 Å². The summed E-state index contributed by atoms with van der Waals surface area (Å²) >= 11 is 0. The Morgan fingerprint density at radius 2 is 1.61 bits per heavy atom. The molecular weight excluding hydrogens is 367 g/mol. The summed E-state index contributed by atoms with van der Waals surface area (Å²) in [5.41, 5.74) is 1.76. The third-order valence-electron chi connectivity index (χ3n) is 4.20. The summed E-state index contributed by atoms with van der Waals surface area (Å²) in [6.45, 7) is 0. The number of hydrogen-bond acceptors (Lipinski definition) is 4. The van der Waals surface area contributed by atoms with Gasteiger partial charge in [-0.25, -0.2) is 4.98 Å². The molecule has 0 bridgehead atoms. The molecular formula is C20H14F3N5. The third kappa shape index (κ3) is 3.75. The van der Waals surface area contributed by atoms with Crippen molar-refractivity contribution in [3.63, 3.8) is 0 Å². The van der Waals surface area contributed by atoms with Gasteiger partial charge in [0.15, 0.2) is 5.82 Å². The second kappa shape index (κ2) is 7.22. The zero-order valence-electron chi connectivity index (χ0n) is 14.5. The van der Waals surface area contributed by atoms with E-state index in [9.17, 15) is 13.2 Å². The molecule has 5 nitrogen and oxygen atoms in total. The molecule has 140 valence electrons. The van der Waals surface area contributed by atoms with E-state index in [2.05, 4.69) is 20.4 Å². The van der Waals surface area contributed by atoms with E-state index < -0.39 is 11.7 Å². The fourth-order valence-corrected chi connectivity index (χ4v) is 2.82. The highest BCUT2D eigenvalue weighted by molar-refractivity contribution is 5.60. The molecule has 28 heavy (non-hydrogen) atoms. The van der Waals surface area contributed by atoms with Crippen LogP contribution in [0, 0.1) is 0 Å². The van der Waals surface area contributed by atoms with Gasteiger partial charge in [0.05, 0.1) is 5.56 Å². The highest BCUT2D eigenvalue weighted by atomic mass is 19.4. The summed E-state index contributed by atoms with van der Waals surface area (Å²) in [5.74, 6) is 0.967. The largest absolute Gasteiger partial charge is 0.416 e. The van der Waals surface area contributed by atoms with E-state index in [1.165, 1.54) is 16.9 Å². The van der Waals surface area contributed by atoms with Crippen molar-refractivity contribution in [2.24, 2.45) is 0 Å². The molecule has 0 radical (unpaired) electrons. The van der Waals surface area contributed by atoms with Gasteiger partial charge in [0, 0.05) is 11.8 Å². The van der Waals surface area contributed by atoms with Crippen LogP contribution >= 0.6 is 0 Å². The number of hydrogen-bond donors (Lipinski definition) is 0. The summed E-state index contributed by atoms with van der Waals surface area (Å²) in [6.07, 6.45) is -2.26. The number of alkyl halides is 3. The Morgan fingerprint density at radius 1 is 0.857 bits per heavy atom. The van der Waals surface area contributed by atoms with Crippen LogP contribution in [0.25, 0.3) is 17.2 Å². The molecule has 0 unspecified atom stereocenters. The van der Waals surface area contributed by atoms with Crippen LogP contribution in [-0.2, 0) is 12.6 Å². The fraction of sp³-hybridized carbons (Fsp3) is 0.100. The highest BCUT2D eigenvalue weighted by Crippen LogP contribution is 2.30. The van der Waals surface area contributed by atoms with E-state index in [1.54, 1.807) is 18.3 Å². The second-order valence-electron chi connectivity index (χ2n) is 6.12. The normalized spacial score (nSPS) is 11.5. The van der Waals surface area contributed by atoms with Crippen LogP contribution in [-0.4, -0.2) is 25.2 Å². The second-order valence-corrected chi connectivity index (χ2v) is 6.12. The summed E-state index contributed by atoms with van der Waals surface area (Å²) < 4.78 is 38.2. The third-order valence-corrected chi connectivity index (χ3v) is 4.20. The van der Waals surface area contributed by atoms with Crippen molar-refractivity contribution in [3.05, 3.63) is 89.6 Å². The quantitative estimate of drug-likeness (QED) is 0.528. The van der Waals surface area contributed by atoms with Crippen LogP contribution in [0.15, 0.2) is 72.9 Å². The van der Waals surface area contributed by atoms with Crippen molar-refractivity contribution in [2.75, 3.05) is 0 Å². The Hall–Kier alpha value is -3.55. The first-order valence-electron chi connectivity index (χ1n) is 8.46. The predicted molar refractivity (Wildman–Crippen MR) is 96.6 cm³/mol. The number of rotatable bonds is 4. The lowest BCUT2D eigenvalue weighted by Gasteiger charge is -2.09. The number of tetrazole rings is 1. The van der Waals surface area contributed by atoms with Gasteiger partial charge < -0.3 is 0 Å². The number of nitrogens with zero attached hydrogens (tertiary/aromatic N) is 5. The zero-order valence-corrected chi connectivity index (χ0v) is 14.5. The molecule has 8 heteroatoms. The number of pyridine rings is 1. The van der Waals surface area contributed by atoms with Crippen molar-refractivity contribution >= 4 is 0 Å². The minimum Gasteiger partial charge on any atom is -0.236 e. The smallest absolute Gasteiger partial charge is 0.236 e. The molecule has 2 aromatic carbocycles. The maximum Gasteiger partial charge on any atom is 0.416 e. The topological polar surface area (TPSA) is 56.5 Å². The lowest BCUT2D eigenvalue weighted by atomic mass is 9.98. The number of aromatic nitrogens is 5. The van der Waals surface area contributed by atoms with E-state index in [4.69, 9.17) is 0 Å². The number of halogens is 3. The predicted octanol–water partition coefficient (Wildman–Crippen LogP) is 4.33. The van der Waals surface area contributed by atoms with Gasteiger partial charge in [0.2, 0.25) is 5.82 Å². The maximum atomic E-state index is 12.7. The summed E-state index contributed by atoms with van der Waals surface area (Å²) in [4.78, 5) is 5.52. The molecule has 0 aliphatic rings. The van der Waals surface area contributed by atoms with E-state index in [0.29, 0.717) is 18.1 Å². The molecule has 2 heterocycles. The summed E-state index contributed by atoms with van der Waals surface area (Å²) in [5, 5.41) is 12.5. The Morgan fingerprint density at radius 3 is 2.32 bits per heavy atom. The van der Waals surface area contributed by atoms with Gasteiger partial charge in [-0.2, -0.15) is 13.2 Å². The molecule has 0 aliphatic carbocycles. The van der Waals surface area contributed by atoms with Crippen molar-refractivity contribution in [1.82, 2.24) is 25.2 Å². The van der Waals surface area contributed by atoms with Gasteiger partial charge in [0.25, 0.3) is 0 Å². The Labute approximate surface area is 158 Å². The molecule has 0 N–H and O–H groups in total.